The Hall–Kier alpha value is -3.56. The summed E-state index contributed by atoms with van der Waals surface area (Å²) < 4.78 is 5.81. The van der Waals surface area contributed by atoms with Crippen LogP contribution in [0.2, 0.25) is 0 Å². The van der Waals surface area contributed by atoms with E-state index in [1.54, 1.807) is 4.90 Å². The predicted octanol–water partition coefficient (Wildman–Crippen LogP) is 3.35. The number of benzene rings is 2. The summed E-state index contributed by atoms with van der Waals surface area (Å²) in [5.41, 5.74) is 3.61. The Morgan fingerprint density at radius 3 is 2.62 bits per heavy atom. The molecule has 2 atom stereocenters. The molecule has 9 heteroatoms. The van der Waals surface area contributed by atoms with Crippen LogP contribution in [0.1, 0.15) is 30.9 Å². The number of hydrogen-bond acceptors (Lipinski definition) is 5. The molecule has 3 amide bonds. The zero-order valence-corrected chi connectivity index (χ0v) is 22.1. The molecule has 4 rings (SSSR count). The molecule has 198 valence electrons. The molecule has 0 bridgehead atoms. The quantitative estimate of drug-likeness (QED) is 0.357. The van der Waals surface area contributed by atoms with Crippen LogP contribution < -0.4 is 20.7 Å². The molecule has 0 unspecified atom stereocenters. The van der Waals surface area contributed by atoms with E-state index in [2.05, 4.69) is 25.8 Å². The first-order valence-electron chi connectivity index (χ1n) is 12.9. The van der Waals surface area contributed by atoms with Gasteiger partial charge in [0.05, 0.1) is 12.3 Å². The molecule has 4 N–H and O–H groups in total. The normalized spacial score (nSPS) is 15.4. The highest BCUT2D eigenvalue weighted by Crippen LogP contribution is 2.30. The minimum Gasteiger partial charge on any atom is -0.492 e. The second-order valence-electron chi connectivity index (χ2n) is 9.73. The fourth-order valence-corrected chi connectivity index (χ4v) is 4.79. The molecule has 1 aliphatic rings. The first kappa shape index (κ1) is 26.5. The van der Waals surface area contributed by atoms with Crippen LogP contribution in [0.25, 0.3) is 10.9 Å². The number of aromatic amines is 1. The molecule has 0 aliphatic carbocycles. The van der Waals surface area contributed by atoms with Crippen molar-refractivity contribution in [3.63, 3.8) is 0 Å². The van der Waals surface area contributed by atoms with Gasteiger partial charge in [-0.1, -0.05) is 31.2 Å². The summed E-state index contributed by atoms with van der Waals surface area (Å²) in [7, 11) is 4.00. The topological polar surface area (TPSA) is 102 Å². The van der Waals surface area contributed by atoms with Gasteiger partial charge in [0.15, 0.2) is 0 Å². The smallest absolute Gasteiger partial charge is 0.318 e. The molecule has 2 aromatic carbocycles. The number of amides is 3. The van der Waals surface area contributed by atoms with Gasteiger partial charge in [-0.05, 0) is 50.3 Å². The van der Waals surface area contributed by atoms with Crippen LogP contribution in [0.4, 0.5) is 10.5 Å². The van der Waals surface area contributed by atoms with E-state index in [0.29, 0.717) is 31.1 Å². The van der Waals surface area contributed by atoms with Crippen LogP contribution in [0.5, 0.6) is 5.75 Å². The van der Waals surface area contributed by atoms with E-state index < -0.39 is 6.04 Å². The molecule has 1 fully saturated rings. The van der Waals surface area contributed by atoms with E-state index in [9.17, 15) is 9.59 Å². The van der Waals surface area contributed by atoms with Crippen molar-refractivity contribution in [2.45, 2.75) is 32.4 Å². The van der Waals surface area contributed by atoms with Gasteiger partial charge in [0.2, 0.25) is 5.91 Å². The molecule has 37 heavy (non-hydrogen) atoms. The number of para-hydroxylation sites is 1. The largest absolute Gasteiger partial charge is 0.492 e. The van der Waals surface area contributed by atoms with Crippen LogP contribution in [-0.4, -0.2) is 79.6 Å². The summed E-state index contributed by atoms with van der Waals surface area (Å²) in [4.78, 5) is 34.2. The van der Waals surface area contributed by atoms with Gasteiger partial charge < -0.3 is 35.5 Å². The monoisotopic (exact) mass is 506 g/mol. The zero-order chi connectivity index (χ0) is 26.4. The van der Waals surface area contributed by atoms with Crippen molar-refractivity contribution < 1.29 is 14.3 Å². The predicted molar refractivity (Wildman–Crippen MR) is 147 cm³/mol. The van der Waals surface area contributed by atoms with Crippen molar-refractivity contribution in [3.8, 4) is 5.75 Å². The van der Waals surface area contributed by atoms with Crippen LogP contribution in [0, 0.1) is 0 Å². The first-order valence-corrected chi connectivity index (χ1v) is 12.9. The first-order chi connectivity index (χ1) is 17.9. The van der Waals surface area contributed by atoms with Crippen molar-refractivity contribution in [3.05, 3.63) is 59.8 Å². The van der Waals surface area contributed by atoms with E-state index in [-0.39, 0.29) is 17.9 Å². The van der Waals surface area contributed by atoms with E-state index in [1.807, 2.05) is 76.6 Å². The Morgan fingerprint density at radius 2 is 1.89 bits per heavy atom. The number of urea groups is 1. The van der Waals surface area contributed by atoms with Crippen molar-refractivity contribution in [1.82, 2.24) is 25.4 Å². The van der Waals surface area contributed by atoms with Crippen molar-refractivity contribution in [1.29, 1.82) is 0 Å². The number of H-pyrrole nitrogens is 1. The van der Waals surface area contributed by atoms with Crippen LogP contribution in [0.3, 0.4) is 0 Å². The van der Waals surface area contributed by atoms with Crippen LogP contribution >= 0.6 is 0 Å². The fourth-order valence-electron chi connectivity index (χ4n) is 4.79. The van der Waals surface area contributed by atoms with Gasteiger partial charge in [-0.3, -0.25) is 4.79 Å². The highest BCUT2D eigenvalue weighted by atomic mass is 16.5. The number of nitrogens with one attached hydrogen (secondary N) is 4. The Morgan fingerprint density at radius 1 is 1.14 bits per heavy atom. The maximum Gasteiger partial charge on any atom is 0.318 e. The lowest BCUT2D eigenvalue weighted by Gasteiger charge is -2.31. The molecule has 1 saturated heterocycles. The highest BCUT2D eigenvalue weighted by molar-refractivity contribution is 5.99. The molecule has 9 nitrogen and oxygen atoms in total. The lowest BCUT2D eigenvalue weighted by atomic mass is 9.92. The average Bonchev–Trinajstić information content (AvgIpc) is 3.33. The second kappa shape index (κ2) is 12.1. The molecule has 0 spiro atoms. The molecule has 1 aromatic heterocycles. The number of fused-ring (bicyclic) bond motifs is 1. The maximum absolute atomic E-state index is 13.9. The van der Waals surface area contributed by atoms with Gasteiger partial charge in [0.1, 0.15) is 11.8 Å². The third kappa shape index (κ3) is 6.42. The molecule has 2 heterocycles. The van der Waals surface area contributed by atoms with E-state index >= 15 is 0 Å². The van der Waals surface area contributed by atoms with Gasteiger partial charge in [-0.15, -0.1) is 0 Å². The number of hydrogen-bond donors (Lipinski definition) is 4. The zero-order valence-electron chi connectivity index (χ0n) is 22.1. The van der Waals surface area contributed by atoms with Crippen molar-refractivity contribution in [2.24, 2.45) is 0 Å². The molecule has 3 aromatic rings. The number of ether oxygens (including phenoxy) is 1. The molecular formula is C28H38N6O3. The lowest BCUT2D eigenvalue weighted by molar-refractivity contribution is -0.118. The summed E-state index contributed by atoms with van der Waals surface area (Å²) in [5.74, 6) is 0.0259. The van der Waals surface area contributed by atoms with Gasteiger partial charge in [0.25, 0.3) is 0 Å². The Kier molecular flexibility index (Phi) is 8.68. The summed E-state index contributed by atoms with van der Waals surface area (Å²) in [6.07, 6.45) is 1.93. The van der Waals surface area contributed by atoms with E-state index in [1.165, 1.54) is 0 Å². The number of aromatic nitrogens is 1. The molecule has 0 radical (unpaired) electrons. The summed E-state index contributed by atoms with van der Waals surface area (Å²) in [5, 5.41) is 10.4. The maximum atomic E-state index is 13.9. The summed E-state index contributed by atoms with van der Waals surface area (Å²) in [6.45, 7) is 7.76. The minimum absolute atomic E-state index is 0.236. The number of nitrogens with zero attached hydrogens (tertiary/aromatic N) is 2. The molecule has 1 aliphatic heterocycles. The fraction of sp³-hybridized carbons (Fsp3) is 0.429. The third-order valence-electron chi connectivity index (χ3n) is 6.68. The molecular weight excluding hydrogens is 468 g/mol. The lowest BCUT2D eigenvalue weighted by Crippen LogP contribution is -2.55. The van der Waals surface area contributed by atoms with E-state index in [4.69, 9.17) is 4.74 Å². The summed E-state index contributed by atoms with van der Waals surface area (Å²) in [6, 6.07) is 12.8. The third-order valence-corrected chi connectivity index (χ3v) is 6.68. The van der Waals surface area contributed by atoms with Crippen LogP contribution in [0.15, 0.2) is 48.7 Å². The van der Waals surface area contributed by atoms with Crippen molar-refractivity contribution in [2.75, 3.05) is 52.2 Å². The molecule has 0 saturated carbocycles. The van der Waals surface area contributed by atoms with Gasteiger partial charge in [0, 0.05) is 55.7 Å². The highest BCUT2D eigenvalue weighted by Gasteiger charge is 2.32. The summed E-state index contributed by atoms with van der Waals surface area (Å²) >= 11 is 0. The second-order valence-corrected chi connectivity index (χ2v) is 9.73. The van der Waals surface area contributed by atoms with Gasteiger partial charge in [-0.25, -0.2) is 4.79 Å². The van der Waals surface area contributed by atoms with Crippen molar-refractivity contribution >= 4 is 28.5 Å². The SMILES string of the molecule is CCOc1ccc(CN(C)C)cc1NC(=O)[C@H](NC(=O)N1CCNCC1)[C@H](C)c1c[nH]c2ccccc12. The number of anilines is 1. The standard InChI is InChI=1S/C28H38N6O3/c1-5-37-25-11-10-20(18-33(3)4)16-24(25)31-27(35)26(32-28(36)34-14-12-29-13-15-34)19(2)22-17-30-23-9-7-6-8-21(22)23/h6-11,16-17,19,26,29-30H,5,12-15,18H2,1-4H3,(H,31,35)(H,32,36)/t19-,26-/m1/s1. The Bertz CT molecular complexity index is 1220. The number of carbonyl (C=O) groups excluding carboxylic acids is 2. The Balaban J connectivity index is 1.64. The minimum atomic E-state index is -0.798. The van der Waals surface area contributed by atoms with Gasteiger partial charge >= 0.3 is 6.03 Å². The van der Waals surface area contributed by atoms with Crippen LogP contribution in [-0.2, 0) is 11.3 Å². The Labute approximate surface area is 218 Å². The van der Waals surface area contributed by atoms with Gasteiger partial charge in [-0.2, -0.15) is 0 Å². The number of piperazine rings is 1. The van der Waals surface area contributed by atoms with E-state index in [0.717, 1.165) is 41.7 Å². The number of rotatable bonds is 9. The average molecular weight is 507 g/mol. The number of carbonyl (C=O) groups is 2.